The van der Waals surface area contributed by atoms with Gasteiger partial charge in [-0.3, -0.25) is 9.69 Å². The summed E-state index contributed by atoms with van der Waals surface area (Å²) in [5, 5.41) is 16.0. The Bertz CT molecular complexity index is 695. The lowest BCUT2D eigenvalue weighted by Crippen LogP contribution is -2.27. The van der Waals surface area contributed by atoms with Gasteiger partial charge in [-0.2, -0.15) is 18.9 Å². The van der Waals surface area contributed by atoms with Gasteiger partial charge >= 0.3 is 10.2 Å². The van der Waals surface area contributed by atoms with Crippen LogP contribution >= 0.6 is 0 Å². The van der Waals surface area contributed by atoms with Gasteiger partial charge in [-0.15, -0.1) is 3.89 Å². The minimum absolute atomic E-state index is 0.135. The van der Waals surface area contributed by atoms with Crippen LogP contribution in [-0.4, -0.2) is 36.1 Å². The fraction of sp³-hybridized carbons (Fsp3) is 0.333. The summed E-state index contributed by atoms with van der Waals surface area (Å²) in [7, 11) is -4.83. The molecule has 1 aromatic heterocycles. The Kier molecular flexibility index (Phi) is 2.96. The van der Waals surface area contributed by atoms with Crippen molar-refractivity contribution in [2.24, 2.45) is 0 Å². The van der Waals surface area contributed by atoms with Gasteiger partial charge in [0.2, 0.25) is 11.9 Å². The summed E-state index contributed by atoms with van der Waals surface area (Å²) in [4.78, 5) is 18.6. The van der Waals surface area contributed by atoms with Gasteiger partial charge in [0.05, 0.1) is 0 Å². The van der Waals surface area contributed by atoms with Crippen LogP contribution in [0.5, 0.6) is 0 Å². The zero-order chi connectivity index (χ0) is 14.2. The molecule has 0 radical (unpaired) electrons. The van der Waals surface area contributed by atoms with Gasteiger partial charge < -0.3 is 4.98 Å². The Morgan fingerprint density at radius 2 is 2.11 bits per heavy atom. The molecule has 10 heteroatoms. The lowest BCUT2D eigenvalue weighted by Gasteiger charge is -2.11. The molecule has 1 unspecified atom stereocenters. The maximum Gasteiger partial charge on any atom is 0.307 e. The van der Waals surface area contributed by atoms with Crippen LogP contribution in [0.2, 0.25) is 0 Å². The van der Waals surface area contributed by atoms with E-state index in [1.165, 1.54) is 0 Å². The number of aromatic nitrogens is 2. The molecule has 2 rings (SSSR count). The van der Waals surface area contributed by atoms with Crippen LogP contribution in [0.15, 0.2) is 0 Å². The summed E-state index contributed by atoms with van der Waals surface area (Å²) in [5.41, 5.74) is -0.353. The van der Waals surface area contributed by atoms with Crippen LogP contribution in [0.3, 0.4) is 0 Å². The lowest BCUT2D eigenvalue weighted by atomic mass is 10.4. The van der Waals surface area contributed by atoms with Gasteiger partial charge in [0.1, 0.15) is 17.4 Å². The van der Waals surface area contributed by atoms with Gasteiger partial charge in [-0.05, 0) is 0 Å². The summed E-state index contributed by atoms with van der Waals surface area (Å²) in [5.74, 6) is -0.779. The number of hydrogen-bond acceptors (Lipinski definition) is 6. The van der Waals surface area contributed by atoms with Crippen LogP contribution in [0.1, 0.15) is 17.8 Å². The second kappa shape index (κ2) is 4.33. The van der Waals surface area contributed by atoms with Crippen LogP contribution in [0.4, 0.5) is 9.83 Å². The number of aromatic amines is 1. The van der Waals surface area contributed by atoms with Crippen molar-refractivity contribution in [3.8, 4) is 12.1 Å². The Labute approximate surface area is 107 Å². The summed E-state index contributed by atoms with van der Waals surface area (Å²) >= 11 is 0. The monoisotopic (exact) mass is 283 g/mol. The number of nitriles is 2. The molecule has 1 saturated heterocycles. The molecule has 1 atom stereocenters. The normalized spacial score (nSPS) is 19.2. The van der Waals surface area contributed by atoms with Gasteiger partial charge in [0, 0.05) is 13.0 Å². The molecule has 1 aliphatic rings. The molecule has 19 heavy (non-hydrogen) atoms. The zero-order valence-electron chi connectivity index (χ0n) is 9.29. The molecule has 0 aromatic carbocycles. The number of carbonyl (C=O) groups excluding carboxylic acids is 1. The van der Waals surface area contributed by atoms with E-state index in [2.05, 4.69) is 9.97 Å². The number of nitrogens with one attached hydrogen (secondary N) is 1. The molecular weight excluding hydrogens is 277 g/mol. The minimum Gasteiger partial charge on any atom is -0.314 e. The Morgan fingerprint density at radius 1 is 1.42 bits per heavy atom. The maximum absolute atomic E-state index is 12.8. The van der Waals surface area contributed by atoms with E-state index in [-0.39, 0.29) is 17.3 Å². The maximum atomic E-state index is 12.8. The van der Waals surface area contributed by atoms with Crippen molar-refractivity contribution in [3.63, 3.8) is 0 Å². The standard InChI is InChI=1S/C9H6FN5O3S/c10-19(17,18)5-1-8(16)15(4-5)9-13-6(2-11)7(3-12)14-9/h5H,1,4H2,(H,13,14). The average Bonchev–Trinajstić information content (AvgIpc) is 2.90. The molecule has 1 aromatic rings. The van der Waals surface area contributed by atoms with Crippen molar-refractivity contribution < 1.29 is 17.1 Å². The molecule has 0 aliphatic carbocycles. The van der Waals surface area contributed by atoms with Crippen molar-refractivity contribution in [2.75, 3.05) is 11.4 Å². The van der Waals surface area contributed by atoms with Gasteiger partial charge in [-0.1, -0.05) is 0 Å². The fourth-order valence-corrected chi connectivity index (χ4v) is 2.39. The quantitative estimate of drug-likeness (QED) is 0.732. The van der Waals surface area contributed by atoms with E-state index in [0.29, 0.717) is 0 Å². The first-order valence-corrected chi connectivity index (χ1v) is 6.45. The molecule has 0 spiro atoms. The van der Waals surface area contributed by atoms with Crippen molar-refractivity contribution in [1.29, 1.82) is 10.5 Å². The Morgan fingerprint density at radius 3 is 2.53 bits per heavy atom. The smallest absolute Gasteiger partial charge is 0.307 e. The second-order valence-electron chi connectivity index (χ2n) is 3.81. The number of hydrogen-bond donors (Lipinski definition) is 1. The van der Waals surface area contributed by atoms with E-state index in [1.54, 1.807) is 12.1 Å². The number of carbonyl (C=O) groups is 1. The van der Waals surface area contributed by atoms with Crippen LogP contribution in [-0.2, 0) is 15.0 Å². The molecule has 0 bridgehead atoms. The third-order valence-corrected chi connectivity index (χ3v) is 3.76. The molecule has 8 nitrogen and oxygen atoms in total. The molecule has 1 N–H and O–H groups in total. The second-order valence-corrected chi connectivity index (χ2v) is 5.43. The molecule has 1 fully saturated rings. The average molecular weight is 283 g/mol. The fourth-order valence-electron chi connectivity index (χ4n) is 1.72. The van der Waals surface area contributed by atoms with Crippen molar-refractivity contribution >= 4 is 22.1 Å². The highest BCUT2D eigenvalue weighted by molar-refractivity contribution is 7.87. The van der Waals surface area contributed by atoms with E-state index < -0.39 is 34.3 Å². The number of H-pyrrole nitrogens is 1. The van der Waals surface area contributed by atoms with E-state index in [0.717, 1.165) is 4.90 Å². The SMILES string of the molecule is N#Cc1nc(N2CC(S(=O)(=O)F)CC2=O)[nH]c1C#N. The summed E-state index contributed by atoms with van der Waals surface area (Å²) in [6, 6.07) is 3.33. The lowest BCUT2D eigenvalue weighted by molar-refractivity contribution is -0.117. The highest BCUT2D eigenvalue weighted by atomic mass is 32.3. The number of nitrogens with zero attached hydrogens (tertiary/aromatic N) is 4. The molecule has 2 heterocycles. The predicted molar refractivity (Wildman–Crippen MR) is 58.8 cm³/mol. The first kappa shape index (κ1) is 13.0. The topological polar surface area (TPSA) is 131 Å². The summed E-state index contributed by atoms with van der Waals surface area (Å²) < 4.78 is 34.4. The molecular formula is C9H6FN5O3S. The van der Waals surface area contributed by atoms with Crippen LogP contribution < -0.4 is 4.90 Å². The number of halogens is 1. The highest BCUT2D eigenvalue weighted by Crippen LogP contribution is 2.24. The van der Waals surface area contributed by atoms with E-state index in [1.807, 2.05) is 0 Å². The molecule has 0 saturated carbocycles. The van der Waals surface area contributed by atoms with Crippen molar-refractivity contribution in [1.82, 2.24) is 9.97 Å². The van der Waals surface area contributed by atoms with E-state index in [4.69, 9.17) is 10.5 Å². The number of amides is 1. The zero-order valence-corrected chi connectivity index (χ0v) is 10.1. The Balaban J connectivity index is 2.35. The Hall–Kier alpha value is -2.46. The summed E-state index contributed by atoms with van der Waals surface area (Å²) in [6.07, 6.45) is -0.497. The first-order chi connectivity index (χ1) is 8.86. The third-order valence-electron chi connectivity index (χ3n) is 2.65. The van der Waals surface area contributed by atoms with Crippen molar-refractivity contribution in [3.05, 3.63) is 11.4 Å². The van der Waals surface area contributed by atoms with Gasteiger partial charge in [0.25, 0.3) is 0 Å². The highest BCUT2D eigenvalue weighted by Gasteiger charge is 2.40. The van der Waals surface area contributed by atoms with Gasteiger partial charge in [0.15, 0.2) is 11.4 Å². The predicted octanol–water partition coefficient (Wildman–Crippen LogP) is -0.442. The van der Waals surface area contributed by atoms with Crippen molar-refractivity contribution in [2.45, 2.75) is 11.7 Å². The molecule has 1 amide bonds. The molecule has 1 aliphatic heterocycles. The third kappa shape index (κ3) is 2.26. The summed E-state index contributed by atoms with van der Waals surface area (Å²) in [6.45, 7) is -0.402. The van der Waals surface area contributed by atoms with E-state index >= 15 is 0 Å². The number of rotatable bonds is 2. The molecule has 98 valence electrons. The number of anilines is 1. The number of imidazole rings is 1. The van der Waals surface area contributed by atoms with Crippen LogP contribution in [0.25, 0.3) is 0 Å². The van der Waals surface area contributed by atoms with Gasteiger partial charge in [-0.25, -0.2) is 4.98 Å². The van der Waals surface area contributed by atoms with E-state index in [9.17, 15) is 17.1 Å². The minimum atomic E-state index is -4.83. The van der Waals surface area contributed by atoms with Crippen LogP contribution in [0, 0.1) is 22.7 Å². The largest absolute Gasteiger partial charge is 0.314 e. The first-order valence-electron chi connectivity index (χ1n) is 5.01.